The highest BCUT2D eigenvalue weighted by Crippen LogP contribution is 2.53. The lowest BCUT2D eigenvalue weighted by Gasteiger charge is -2.29. The van der Waals surface area contributed by atoms with Crippen LogP contribution in [0.4, 0.5) is 34.1 Å². The van der Waals surface area contributed by atoms with Gasteiger partial charge in [-0.25, -0.2) is 0 Å². The summed E-state index contributed by atoms with van der Waals surface area (Å²) < 4.78 is 0. The van der Waals surface area contributed by atoms with Crippen LogP contribution in [0.1, 0.15) is 136 Å². The lowest BCUT2D eigenvalue weighted by Crippen LogP contribution is -2.17. The maximum Gasteiger partial charge on any atom is 0.0466 e. The van der Waals surface area contributed by atoms with Gasteiger partial charge in [0.25, 0.3) is 0 Å². The normalized spacial score (nSPS) is 14.3. The third-order valence-corrected chi connectivity index (χ3v) is 15.3. The van der Waals surface area contributed by atoms with E-state index in [9.17, 15) is 0 Å². The van der Waals surface area contributed by atoms with Gasteiger partial charge in [0.05, 0.1) is 0 Å². The van der Waals surface area contributed by atoms with E-state index >= 15 is 0 Å². The van der Waals surface area contributed by atoms with Crippen LogP contribution >= 0.6 is 0 Å². The summed E-state index contributed by atoms with van der Waals surface area (Å²) in [6, 6.07) is 60.4. The van der Waals surface area contributed by atoms with Crippen LogP contribution in [0.2, 0.25) is 0 Å². The fraction of sp³-hybridized carbons (Fsp3) is 0.265. The summed E-state index contributed by atoms with van der Waals surface area (Å²) in [7, 11) is 0. The molecular weight excluding hydrogens is 845 g/mol. The Morgan fingerprint density at radius 2 is 0.600 bits per heavy atom. The van der Waals surface area contributed by atoms with Crippen molar-refractivity contribution in [2.24, 2.45) is 0 Å². The van der Waals surface area contributed by atoms with Gasteiger partial charge in [-0.2, -0.15) is 0 Å². The molecule has 0 radical (unpaired) electrons. The summed E-state index contributed by atoms with van der Waals surface area (Å²) in [6.45, 7) is 32.0. The Morgan fingerprint density at radius 1 is 0.314 bits per heavy atom. The molecule has 0 N–H and O–H groups in total. The number of benzene rings is 8. The first-order valence-corrected chi connectivity index (χ1v) is 25.3. The number of anilines is 6. The third kappa shape index (κ3) is 8.40. The highest BCUT2D eigenvalue weighted by molar-refractivity contribution is 5.89. The van der Waals surface area contributed by atoms with E-state index in [4.69, 9.17) is 0 Å². The maximum atomic E-state index is 2.44. The molecule has 0 fully saturated rings. The molecule has 0 aliphatic heterocycles. The van der Waals surface area contributed by atoms with Gasteiger partial charge in [-0.05, 0) is 200 Å². The van der Waals surface area contributed by atoms with E-state index in [0.717, 1.165) is 0 Å². The van der Waals surface area contributed by atoms with Crippen molar-refractivity contribution >= 4 is 46.3 Å². The van der Waals surface area contributed by atoms with Gasteiger partial charge in [0.2, 0.25) is 0 Å². The van der Waals surface area contributed by atoms with Crippen molar-refractivity contribution in [2.75, 3.05) is 9.80 Å². The molecule has 352 valence electrons. The molecule has 0 atom stereocenters. The molecule has 0 amide bonds. The molecule has 8 aromatic rings. The monoisotopic (exact) mass is 915 g/mol. The van der Waals surface area contributed by atoms with Crippen LogP contribution in [-0.4, -0.2) is 0 Å². The second kappa shape index (κ2) is 16.9. The molecule has 0 saturated carbocycles. The van der Waals surface area contributed by atoms with Gasteiger partial charge in [-0.15, -0.1) is 0 Å². The van der Waals surface area contributed by atoms with E-state index in [-0.39, 0.29) is 21.7 Å². The van der Waals surface area contributed by atoms with E-state index in [2.05, 4.69) is 277 Å². The van der Waals surface area contributed by atoms with Gasteiger partial charge in [0, 0.05) is 45.0 Å². The Hall–Kier alpha value is -6.90. The number of hydrogen-bond donors (Lipinski definition) is 0. The molecule has 0 spiro atoms. The van der Waals surface area contributed by atoms with Crippen molar-refractivity contribution in [3.8, 4) is 22.3 Å². The average Bonchev–Trinajstić information content (AvgIpc) is 3.65. The Morgan fingerprint density at radius 3 is 0.914 bits per heavy atom. The van der Waals surface area contributed by atoms with Crippen LogP contribution in [0, 0.1) is 27.7 Å². The Kier molecular flexibility index (Phi) is 11.3. The highest BCUT2D eigenvalue weighted by Gasteiger charge is 2.38. The number of nitrogens with zero attached hydrogens (tertiary/aromatic N) is 2. The van der Waals surface area contributed by atoms with Crippen LogP contribution in [-0.2, 0) is 21.7 Å². The molecule has 0 aromatic heterocycles. The topological polar surface area (TPSA) is 6.48 Å². The van der Waals surface area contributed by atoms with Crippen LogP contribution in [0.15, 0.2) is 158 Å². The third-order valence-electron chi connectivity index (χ3n) is 15.3. The van der Waals surface area contributed by atoms with Crippen LogP contribution < -0.4 is 9.80 Å². The molecule has 70 heavy (non-hydrogen) atoms. The van der Waals surface area contributed by atoms with Gasteiger partial charge in [-0.3, -0.25) is 0 Å². The first-order chi connectivity index (χ1) is 33.1. The fourth-order valence-electron chi connectivity index (χ4n) is 11.4. The quantitative estimate of drug-likeness (QED) is 0.140. The first kappa shape index (κ1) is 46.8. The second-order valence-electron chi connectivity index (χ2n) is 23.6. The number of fused-ring (bicyclic) bond motifs is 6. The van der Waals surface area contributed by atoms with E-state index in [1.807, 2.05) is 0 Å². The molecular formula is C68H70N2. The number of aryl methyl sites for hydroxylation is 4. The minimum absolute atomic E-state index is 0.0857. The first-order valence-electron chi connectivity index (χ1n) is 25.3. The zero-order valence-electron chi connectivity index (χ0n) is 44.1. The summed E-state index contributed by atoms with van der Waals surface area (Å²) in [5.41, 5.74) is 27.8. The lowest BCUT2D eigenvalue weighted by atomic mass is 9.81. The SMILES string of the molecule is Cc1cc(C)cc(N(c2ccc(C(C)(C)C)cc2)c2ccc3c(c2)C(C)(C)c2cc(/C=C/c4ccc5c(c4)C(C)(C)c4cc(N(c6ccc(C(C)(C)C)cc6)c6cc(C)cc(C)c6)ccc4-5)ccc2-3)c1. The van der Waals surface area contributed by atoms with Crippen LogP contribution in [0.5, 0.6) is 0 Å². The van der Waals surface area contributed by atoms with Gasteiger partial charge >= 0.3 is 0 Å². The van der Waals surface area contributed by atoms with E-state index in [0.29, 0.717) is 0 Å². The largest absolute Gasteiger partial charge is 0.310 e. The van der Waals surface area contributed by atoms with Gasteiger partial charge in [0.1, 0.15) is 0 Å². The van der Waals surface area contributed by atoms with Crippen molar-refractivity contribution in [1.29, 1.82) is 0 Å². The Bertz CT molecular complexity index is 3090. The zero-order valence-corrected chi connectivity index (χ0v) is 44.1. The van der Waals surface area contributed by atoms with E-state index in [1.54, 1.807) is 0 Å². The minimum atomic E-state index is -0.180. The molecule has 0 heterocycles. The molecule has 0 bridgehead atoms. The molecule has 2 nitrogen and oxygen atoms in total. The van der Waals surface area contributed by atoms with Crippen molar-refractivity contribution < 1.29 is 0 Å². The van der Waals surface area contributed by atoms with Crippen LogP contribution in [0.3, 0.4) is 0 Å². The van der Waals surface area contributed by atoms with Crippen LogP contribution in [0.25, 0.3) is 34.4 Å². The lowest BCUT2D eigenvalue weighted by molar-refractivity contribution is 0.590. The average molecular weight is 915 g/mol. The number of hydrogen-bond acceptors (Lipinski definition) is 2. The second-order valence-corrected chi connectivity index (χ2v) is 23.6. The van der Waals surface area contributed by atoms with Gasteiger partial charge < -0.3 is 9.80 Å². The minimum Gasteiger partial charge on any atom is -0.310 e. The summed E-state index contributed by atoms with van der Waals surface area (Å²) >= 11 is 0. The molecule has 10 rings (SSSR count). The van der Waals surface area contributed by atoms with Gasteiger partial charge in [-0.1, -0.05) is 166 Å². The summed E-state index contributed by atoms with van der Waals surface area (Å²) in [4.78, 5) is 4.87. The van der Waals surface area contributed by atoms with Crippen molar-refractivity contribution in [3.63, 3.8) is 0 Å². The standard InChI is InChI=1S/C68H70N2/c1-43-33-44(2)36-55(35-43)69(51-23-19-49(20-24-51)65(5,6)7)53-27-31-59-57-29-17-47(39-61(57)67(11,12)63(59)41-53)15-16-48-18-30-58-60-32-28-54(42-64(60)68(13,14)62(58)40-48)70(56-37-45(3)34-46(4)38-56)52-25-21-50(22-26-52)66(8,9)10/h15-42H,1-14H3/b16-15+. The Labute approximate surface area is 419 Å². The molecule has 0 unspecified atom stereocenters. The molecule has 2 heteroatoms. The predicted molar refractivity (Wildman–Crippen MR) is 303 cm³/mol. The maximum absolute atomic E-state index is 2.44. The molecule has 0 saturated heterocycles. The summed E-state index contributed by atoms with van der Waals surface area (Å²) in [6.07, 6.45) is 4.60. The smallest absolute Gasteiger partial charge is 0.0466 e. The molecule has 2 aliphatic rings. The van der Waals surface area contributed by atoms with E-state index in [1.165, 1.54) is 123 Å². The van der Waals surface area contributed by atoms with Crippen molar-refractivity contribution in [1.82, 2.24) is 0 Å². The fourth-order valence-corrected chi connectivity index (χ4v) is 11.4. The van der Waals surface area contributed by atoms with Gasteiger partial charge in [0.15, 0.2) is 0 Å². The number of rotatable bonds is 8. The van der Waals surface area contributed by atoms with Crippen molar-refractivity contribution in [2.45, 2.75) is 119 Å². The molecule has 8 aromatic carbocycles. The van der Waals surface area contributed by atoms with Crippen molar-refractivity contribution in [3.05, 3.63) is 224 Å². The summed E-state index contributed by atoms with van der Waals surface area (Å²) in [5, 5.41) is 0. The van der Waals surface area contributed by atoms with E-state index < -0.39 is 0 Å². The molecule has 2 aliphatic carbocycles. The Balaban J connectivity index is 0.944. The zero-order chi connectivity index (χ0) is 49.7. The summed E-state index contributed by atoms with van der Waals surface area (Å²) in [5.74, 6) is 0. The predicted octanol–water partition coefficient (Wildman–Crippen LogP) is 19.2. The highest BCUT2D eigenvalue weighted by atomic mass is 15.1.